The molecule has 0 bridgehead atoms. The fourth-order valence-corrected chi connectivity index (χ4v) is 4.00. The van der Waals surface area contributed by atoms with Crippen LogP contribution in [0.1, 0.15) is 11.1 Å². The van der Waals surface area contributed by atoms with Crippen LogP contribution in [0.5, 0.6) is 5.75 Å². The third-order valence-corrected chi connectivity index (χ3v) is 5.41. The molecule has 28 heavy (non-hydrogen) atoms. The topological polar surface area (TPSA) is 12.5 Å². The lowest BCUT2D eigenvalue weighted by Gasteiger charge is -2.30. The summed E-state index contributed by atoms with van der Waals surface area (Å²) in [5.41, 5.74) is 5.62. The minimum Gasteiger partial charge on any atom is -0.489 e. The summed E-state index contributed by atoms with van der Waals surface area (Å²) in [4.78, 5) is 2.11. The van der Waals surface area contributed by atoms with Gasteiger partial charge < -0.3 is 9.64 Å². The molecule has 0 spiro atoms. The predicted molar refractivity (Wildman–Crippen MR) is 112 cm³/mol. The molecule has 0 atom stereocenters. The third-order valence-electron chi connectivity index (χ3n) is 5.41. The summed E-state index contributed by atoms with van der Waals surface area (Å²) in [5.74, 6) is 0.665. The summed E-state index contributed by atoms with van der Waals surface area (Å²) in [6.45, 7) is 1.31. The first-order chi connectivity index (χ1) is 13.7. The Bertz CT molecular complexity index is 1170. The minimum absolute atomic E-state index is 0.199. The van der Waals surface area contributed by atoms with Crippen LogP contribution < -0.4 is 9.64 Å². The molecular weight excluding hydrogens is 349 g/mol. The van der Waals surface area contributed by atoms with Crippen molar-refractivity contribution in [2.45, 2.75) is 13.2 Å². The lowest BCUT2D eigenvalue weighted by molar-refractivity contribution is 0.306. The lowest BCUT2D eigenvalue weighted by atomic mass is 9.89. The lowest BCUT2D eigenvalue weighted by Crippen LogP contribution is -2.22. The molecule has 0 amide bonds. The van der Waals surface area contributed by atoms with Crippen LogP contribution in [0, 0.1) is 5.82 Å². The summed E-state index contributed by atoms with van der Waals surface area (Å²) in [6, 6.07) is 25.7. The van der Waals surface area contributed by atoms with Gasteiger partial charge in [-0.3, -0.25) is 0 Å². The summed E-state index contributed by atoms with van der Waals surface area (Å²) in [6.07, 6.45) is 0. The minimum atomic E-state index is -0.199. The molecule has 0 unspecified atom stereocenters. The zero-order valence-electron chi connectivity index (χ0n) is 15.7. The molecule has 0 saturated carbocycles. The number of nitrogens with zero attached hydrogens (tertiary/aromatic N) is 1. The molecule has 0 radical (unpaired) electrons. The van der Waals surface area contributed by atoms with Crippen molar-refractivity contribution < 1.29 is 9.13 Å². The molecule has 0 fully saturated rings. The molecule has 1 aliphatic rings. The number of rotatable bonds is 3. The van der Waals surface area contributed by atoms with Crippen LogP contribution in [0.4, 0.5) is 10.1 Å². The molecule has 2 nitrogen and oxygen atoms in total. The van der Waals surface area contributed by atoms with Gasteiger partial charge in [0, 0.05) is 24.8 Å². The Morgan fingerprint density at radius 2 is 1.71 bits per heavy atom. The standard InChI is InChI=1S/C25H20FNO/c1-27-15-24-21-12-9-20(28-16-17-5-3-2-4-6-17)13-18(21)7-10-22(24)23-11-8-19(26)14-25(23)27/h2-14H,15-16H2,1H3. The van der Waals surface area contributed by atoms with Gasteiger partial charge in [0.1, 0.15) is 18.2 Å². The van der Waals surface area contributed by atoms with Gasteiger partial charge in [0.2, 0.25) is 0 Å². The molecule has 4 aromatic rings. The first kappa shape index (κ1) is 16.8. The van der Waals surface area contributed by atoms with Crippen molar-refractivity contribution in [2.24, 2.45) is 0 Å². The van der Waals surface area contributed by atoms with Gasteiger partial charge in [-0.2, -0.15) is 0 Å². The van der Waals surface area contributed by atoms with Crippen LogP contribution in [-0.2, 0) is 13.2 Å². The van der Waals surface area contributed by atoms with Crippen LogP contribution >= 0.6 is 0 Å². The van der Waals surface area contributed by atoms with E-state index >= 15 is 0 Å². The van der Waals surface area contributed by atoms with Crippen LogP contribution in [-0.4, -0.2) is 7.05 Å². The molecule has 0 N–H and O–H groups in total. The Labute approximate surface area is 163 Å². The van der Waals surface area contributed by atoms with Gasteiger partial charge in [0.25, 0.3) is 0 Å². The van der Waals surface area contributed by atoms with E-state index in [9.17, 15) is 4.39 Å². The van der Waals surface area contributed by atoms with Gasteiger partial charge in [-0.05, 0) is 57.8 Å². The Balaban J connectivity index is 1.52. The fourth-order valence-electron chi connectivity index (χ4n) is 4.00. The SMILES string of the molecule is CN1Cc2c(ccc3cc(OCc4ccccc4)ccc23)-c2ccc(F)cc21. The molecular formula is C25H20FNO. The summed E-state index contributed by atoms with van der Waals surface area (Å²) in [7, 11) is 2.01. The van der Waals surface area contributed by atoms with E-state index in [0.29, 0.717) is 6.61 Å². The van der Waals surface area contributed by atoms with Crippen molar-refractivity contribution in [2.75, 3.05) is 11.9 Å². The number of hydrogen-bond acceptors (Lipinski definition) is 2. The molecule has 1 aliphatic heterocycles. The zero-order chi connectivity index (χ0) is 19.1. The summed E-state index contributed by atoms with van der Waals surface area (Å²) >= 11 is 0. The number of anilines is 1. The first-order valence-corrected chi connectivity index (χ1v) is 9.42. The third kappa shape index (κ3) is 2.89. The largest absolute Gasteiger partial charge is 0.489 e. The molecule has 0 saturated heterocycles. The second-order valence-corrected chi connectivity index (χ2v) is 7.27. The highest BCUT2D eigenvalue weighted by Crippen LogP contribution is 2.42. The van der Waals surface area contributed by atoms with Crippen molar-refractivity contribution in [3.8, 4) is 16.9 Å². The monoisotopic (exact) mass is 369 g/mol. The highest BCUT2D eigenvalue weighted by molar-refractivity contribution is 5.96. The zero-order valence-corrected chi connectivity index (χ0v) is 15.7. The van der Waals surface area contributed by atoms with Crippen LogP contribution in [0.15, 0.2) is 78.9 Å². The van der Waals surface area contributed by atoms with E-state index in [1.54, 1.807) is 6.07 Å². The predicted octanol–water partition coefficient (Wildman–Crippen LogP) is 6.17. The molecule has 0 aromatic heterocycles. The van der Waals surface area contributed by atoms with E-state index in [1.165, 1.54) is 22.6 Å². The smallest absolute Gasteiger partial charge is 0.125 e. The second kappa shape index (κ2) is 6.68. The quantitative estimate of drug-likeness (QED) is 0.428. The van der Waals surface area contributed by atoms with E-state index in [0.717, 1.165) is 34.5 Å². The molecule has 3 heteroatoms. The number of ether oxygens (including phenoxy) is 1. The van der Waals surface area contributed by atoms with Crippen molar-refractivity contribution in [3.63, 3.8) is 0 Å². The van der Waals surface area contributed by atoms with Crippen LogP contribution in [0.2, 0.25) is 0 Å². The van der Waals surface area contributed by atoms with Gasteiger partial charge in [-0.15, -0.1) is 0 Å². The fraction of sp³-hybridized carbons (Fsp3) is 0.120. The highest BCUT2D eigenvalue weighted by atomic mass is 19.1. The van der Waals surface area contributed by atoms with Crippen LogP contribution in [0.3, 0.4) is 0 Å². The van der Waals surface area contributed by atoms with E-state index < -0.39 is 0 Å². The van der Waals surface area contributed by atoms with Gasteiger partial charge in [0.05, 0.1) is 0 Å². The van der Waals surface area contributed by atoms with Crippen molar-refractivity contribution >= 4 is 16.5 Å². The van der Waals surface area contributed by atoms with Crippen LogP contribution in [0.25, 0.3) is 21.9 Å². The number of halogens is 1. The number of fused-ring (bicyclic) bond motifs is 5. The maximum absolute atomic E-state index is 13.7. The Kier molecular flexibility index (Phi) is 4.01. The number of hydrogen-bond donors (Lipinski definition) is 0. The molecule has 0 aliphatic carbocycles. The van der Waals surface area contributed by atoms with Crippen molar-refractivity contribution in [3.05, 3.63) is 95.8 Å². The maximum Gasteiger partial charge on any atom is 0.125 e. The van der Waals surface area contributed by atoms with Gasteiger partial charge in [-0.25, -0.2) is 4.39 Å². The second-order valence-electron chi connectivity index (χ2n) is 7.27. The molecule has 4 aromatic carbocycles. The Morgan fingerprint density at radius 3 is 2.57 bits per heavy atom. The highest BCUT2D eigenvalue weighted by Gasteiger charge is 2.22. The first-order valence-electron chi connectivity index (χ1n) is 9.42. The van der Waals surface area contributed by atoms with E-state index in [2.05, 4.69) is 41.3 Å². The Hall–Kier alpha value is -3.33. The van der Waals surface area contributed by atoms with E-state index in [4.69, 9.17) is 4.74 Å². The van der Waals surface area contributed by atoms with Crippen molar-refractivity contribution in [1.82, 2.24) is 0 Å². The average Bonchev–Trinajstić information content (AvgIpc) is 2.73. The molecule has 1 heterocycles. The average molecular weight is 369 g/mol. The van der Waals surface area contributed by atoms with Gasteiger partial charge in [0.15, 0.2) is 0 Å². The van der Waals surface area contributed by atoms with Gasteiger partial charge in [-0.1, -0.05) is 48.5 Å². The van der Waals surface area contributed by atoms with Gasteiger partial charge >= 0.3 is 0 Å². The van der Waals surface area contributed by atoms with E-state index in [1.807, 2.05) is 37.4 Å². The summed E-state index contributed by atoms with van der Waals surface area (Å²) in [5, 5.41) is 2.37. The maximum atomic E-state index is 13.7. The normalized spacial score (nSPS) is 12.6. The molecule has 138 valence electrons. The molecule has 5 rings (SSSR count). The van der Waals surface area contributed by atoms with E-state index in [-0.39, 0.29) is 5.82 Å². The Morgan fingerprint density at radius 1 is 0.893 bits per heavy atom. The number of benzene rings is 4. The van der Waals surface area contributed by atoms with Crippen molar-refractivity contribution in [1.29, 1.82) is 0 Å². The summed E-state index contributed by atoms with van der Waals surface area (Å²) < 4.78 is 19.7.